The number of fused-ring (bicyclic) bond motifs is 1. The summed E-state index contributed by atoms with van der Waals surface area (Å²) in [5.41, 5.74) is 2.07. The molecule has 0 spiro atoms. The molecule has 0 amide bonds. The van der Waals surface area contributed by atoms with Crippen LogP contribution in [0.5, 0.6) is 0 Å². The fraction of sp³-hybridized carbons (Fsp3) is 0.111. The zero-order valence-electron chi connectivity index (χ0n) is 7.23. The number of hydrogen-bond donors (Lipinski definition) is 1. The Morgan fingerprint density at radius 2 is 2.36 bits per heavy atom. The molecule has 4 nitrogen and oxygen atoms in total. The van der Waals surface area contributed by atoms with Crippen LogP contribution in [-0.4, -0.2) is 32.4 Å². The topological polar surface area (TPSA) is 63.3 Å². The van der Waals surface area contributed by atoms with Crippen molar-refractivity contribution in [1.82, 2.24) is 4.98 Å². The second-order valence-electron chi connectivity index (χ2n) is 2.92. The van der Waals surface area contributed by atoms with E-state index in [0.29, 0.717) is 15.9 Å². The number of carboxylic acids is 1. The van der Waals surface area contributed by atoms with Gasteiger partial charge >= 0.3 is 5.97 Å². The normalized spacial score (nSPS) is 10.6. The second-order valence-corrected chi connectivity index (χ2v) is 3.42. The monoisotopic (exact) mass is 203 g/mol. The third-order valence-electron chi connectivity index (χ3n) is 1.82. The van der Waals surface area contributed by atoms with Crippen molar-refractivity contribution in [1.29, 1.82) is 0 Å². The lowest BCUT2D eigenvalue weighted by molar-refractivity contribution is -0.136. The quantitative estimate of drug-likeness (QED) is 0.710. The highest BCUT2D eigenvalue weighted by Crippen LogP contribution is 2.13. The summed E-state index contributed by atoms with van der Waals surface area (Å²) in [7, 11) is 0. The van der Waals surface area contributed by atoms with Gasteiger partial charge < -0.3 is 9.52 Å². The Bertz CT molecular complexity index is 492. The van der Waals surface area contributed by atoms with E-state index in [1.807, 2.05) is 0 Å². The summed E-state index contributed by atoms with van der Waals surface area (Å²) >= 11 is 2.36. The molecule has 0 atom stereocenters. The third kappa shape index (κ3) is 1.79. The highest BCUT2D eigenvalue weighted by Gasteiger charge is 2.04. The Morgan fingerprint density at radius 1 is 1.57 bits per heavy atom. The van der Waals surface area contributed by atoms with Crippen LogP contribution in [-0.2, 0) is 11.2 Å². The Morgan fingerprint density at radius 3 is 3.07 bits per heavy atom. The average molecular weight is 203 g/mol. The van der Waals surface area contributed by atoms with Gasteiger partial charge in [0.1, 0.15) is 5.52 Å². The number of carbonyl (C=O) groups is 1. The molecule has 1 aromatic heterocycles. The summed E-state index contributed by atoms with van der Waals surface area (Å²) < 4.78 is 5.76. The van der Waals surface area contributed by atoms with E-state index in [2.05, 4.69) is 21.3 Å². The summed E-state index contributed by atoms with van der Waals surface area (Å²) in [6.07, 6.45) is 0.00281. The van der Waals surface area contributed by atoms with E-state index in [9.17, 15) is 4.79 Å². The van der Waals surface area contributed by atoms with Crippen molar-refractivity contribution in [2.24, 2.45) is 0 Å². The van der Waals surface area contributed by atoms with Crippen molar-refractivity contribution < 1.29 is 14.3 Å². The molecule has 68 valence electrons. The van der Waals surface area contributed by atoms with Crippen molar-refractivity contribution in [3.05, 3.63) is 23.8 Å². The maximum Gasteiger partial charge on any atom is 0.307 e. The molecule has 0 fully saturated rings. The van der Waals surface area contributed by atoms with E-state index in [-0.39, 0.29) is 6.42 Å². The molecule has 2 aromatic rings. The summed E-state index contributed by atoms with van der Waals surface area (Å²) in [6, 6.07) is 5.19. The van der Waals surface area contributed by atoms with Gasteiger partial charge in [-0.05, 0) is 17.7 Å². The van der Waals surface area contributed by atoms with Crippen LogP contribution in [0, 0.1) is 0 Å². The smallest absolute Gasteiger partial charge is 0.307 e. The first-order valence-corrected chi connectivity index (χ1v) is 4.59. The fourth-order valence-corrected chi connectivity index (χ4v) is 1.54. The van der Waals surface area contributed by atoms with Gasteiger partial charge in [-0.15, -0.1) is 0 Å². The van der Waals surface area contributed by atoms with Crippen molar-refractivity contribution in [3.8, 4) is 0 Å². The van der Waals surface area contributed by atoms with Gasteiger partial charge in [0.2, 0.25) is 0 Å². The maximum atomic E-state index is 10.5. The van der Waals surface area contributed by atoms with E-state index in [4.69, 9.17) is 9.52 Å². The van der Waals surface area contributed by atoms with E-state index < -0.39 is 5.97 Å². The molecule has 0 aliphatic rings. The number of nitrogens with zero attached hydrogens (tertiary/aromatic N) is 1. The van der Waals surface area contributed by atoms with Gasteiger partial charge in [0.05, 0.1) is 11.2 Å². The number of oxazole rings is 1. The highest BCUT2D eigenvalue weighted by molar-refractivity contribution is 6.28. The number of rotatable bonds is 2. The molecule has 0 aliphatic carbocycles. The first kappa shape index (κ1) is 9.26. The lowest BCUT2D eigenvalue weighted by Crippen LogP contribution is -1.99. The predicted molar refractivity (Wildman–Crippen MR) is 50.7 cm³/mol. The molecule has 0 bridgehead atoms. The minimum Gasteiger partial charge on any atom is -0.481 e. The molecule has 2 rings (SSSR count). The van der Waals surface area contributed by atoms with Crippen LogP contribution in [0.3, 0.4) is 0 Å². The lowest BCUT2D eigenvalue weighted by Gasteiger charge is -1.94. The standard InChI is InChI=1S/C9H6NO3.Al/c11-9(12)4-6-1-2-7-8(3-6)13-5-10-7;/h1-3H,4H2,(H,11,12);. The highest BCUT2D eigenvalue weighted by atomic mass is 27.0. The lowest BCUT2D eigenvalue weighted by atomic mass is 10.1. The maximum absolute atomic E-state index is 10.5. The Kier molecular flexibility index (Phi) is 2.28. The van der Waals surface area contributed by atoms with Gasteiger partial charge in [-0.25, -0.2) is 4.98 Å². The van der Waals surface area contributed by atoms with Gasteiger partial charge in [-0.3, -0.25) is 4.79 Å². The molecular weight excluding hydrogens is 197 g/mol. The molecule has 0 unspecified atom stereocenters. The summed E-state index contributed by atoms with van der Waals surface area (Å²) in [5, 5.41) is 8.59. The number of aliphatic carboxylic acids is 1. The first-order chi connectivity index (χ1) is 6.65. The number of benzene rings is 1. The van der Waals surface area contributed by atoms with Crippen LogP contribution in [0.25, 0.3) is 11.1 Å². The van der Waals surface area contributed by atoms with Gasteiger partial charge in [0.25, 0.3) is 16.3 Å². The number of hydrogen-bond acceptors (Lipinski definition) is 3. The Balaban J connectivity index is 2.45. The minimum absolute atomic E-state index is 0.00281. The van der Waals surface area contributed by atoms with Crippen LogP contribution >= 0.6 is 0 Å². The fourth-order valence-electron chi connectivity index (χ4n) is 1.27. The van der Waals surface area contributed by atoms with Gasteiger partial charge in [0, 0.05) is 0 Å². The third-order valence-corrected chi connectivity index (χ3v) is 2.07. The largest absolute Gasteiger partial charge is 0.481 e. The average Bonchev–Trinajstić information content (AvgIpc) is 2.42. The predicted octanol–water partition coefficient (Wildman–Crippen LogP) is 0.249. The van der Waals surface area contributed by atoms with E-state index >= 15 is 0 Å². The molecule has 1 heterocycles. The minimum atomic E-state index is -0.852. The SMILES string of the molecule is O=C(O)Cc1ccc2n[c]([Al])oc2c1. The molecule has 5 heteroatoms. The van der Waals surface area contributed by atoms with Crippen molar-refractivity contribution in [3.63, 3.8) is 0 Å². The second kappa shape index (κ2) is 3.45. The van der Waals surface area contributed by atoms with Crippen molar-refractivity contribution in [2.75, 3.05) is 0 Å². The van der Waals surface area contributed by atoms with Crippen molar-refractivity contribution in [2.45, 2.75) is 6.42 Å². The van der Waals surface area contributed by atoms with Gasteiger partial charge in [-0.1, -0.05) is 6.07 Å². The first-order valence-electron chi connectivity index (χ1n) is 4.02. The summed E-state index contributed by atoms with van der Waals surface area (Å²) in [4.78, 5) is 14.5. The molecule has 1 N–H and O–H groups in total. The summed E-state index contributed by atoms with van der Waals surface area (Å²) in [6.45, 7) is 0. The van der Waals surface area contributed by atoms with Gasteiger partial charge in [0.15, 0.2) is 5.58 Å². The summed E-state index contributed by atoms with van der Waals surface area (Å²) in [5.74, 6) is -0.852. The molecule has 2 radical (unpaired) electrons. The zero-order chi connectivity index (χ0) is 10.1. The zero-order valence-corrected chi connectivity index (χ0v) is 8.38. The number of aromatic nitrogens is 1. The molecule has 0 saturated carbocycles. The van der Waals surface area contributed by atoms with Crippen LogP contribution in [0.4, 0.5) is 0 Å². The molecule has 0 aliphatic heterocycles. The van der Waals surface area contributed by atoms with E-state index in [0.717, 1.165) is 5.52 Å². The Labute approximate surface area is 88.0 Å². The van der Waals surface area contributed by atoms with Gasteiger partial charge in [-0.2, -0.15) is 0 Å². The molecule has 0 saturated heterocycles. The van der Waals surface area contributed by atoms with Crippen molar-refractivity contribution >= 4 is 38.1 Å². The van der Waals surface area contributed by atoms with Crippen LogP contribution < -0.4 is 4.75 Å². The van der Waals surface area contributed by atoms with Crippen LogP contribution in [0.1, 0.15) is 5.56 Å². The van der Waals surface area contributed by atoms with Crippen LogP contribution in [0.2, 0.25) is 0 Å². The molecule has 14 heavy (non-hydrogen) atoms. The van der Waals surface area contributed by atoms with E-state index in [1.54, 1.807) is 18.2 Å². The molecular formula is C9H6AlNO3. The Hall–Kier alpha value is -1.31. The number of carboxylic acid groups (broad SMARTS) is 1. The molecule has 1 aromatic carbocycles. The van der Waals surface area contributed by atoms with Crippen LogP contribution in [0.15, 0.2) is 22.6 Å². The van der Waals surface area contributed by atoms with E-state index in [1.165, 1.54) is 0 Å².